The van der Waals surface area contributed by atoms with Crippen LogP contribution in [-0.4, -0.2) is 56.3 Å². The lowest BCUT2D eigenvalue weighted by molar-refractivity contribution is 0.0498. The summed E-state index contributed by atoms with van der Waals surface area (Å²) in [6.45, 7) is 17.7. The number of amidine groups is 1. The van der Waals surface area contributed by atoms with Gasteiger partial charge in [0.1, 0.15) is 5.84 Å². The van der Waals surface area contributed by atoms with Crippen LogP contribution in [-0.2, 0) is 9.47 Å². The van der Waals surface area contributed by atoms with Crippen LogP contribution in [0.5, 0.6) is 0 Å². The topological polar surface area (TPSA) is 34.1 Å². The van der Waals surface area contributed by atoms with Gasteiger partial charge in [-0.15, -0.1) is 13.2 Å². The van der Waals surface area contributed by atoms with Crippen LogP contribution in [0.1, 0.15) is 52.9 Å². The minimum Gasteiger partial charge on any atom is -0.382 e. The number of hydrogen-bond acceptors (Lipinski definition) is 3. The molecule has 0 radical (unpaired) electrons. The number of unbranched alkanes of at least 4 members (excludes halogenated alkanes) is 1. The molecule has 1 fully saturated rings. The highest BCUT2D eigenvalue weighted by molar-refractivity contribution is 5.88. The second-order valence-electron chi connectivity index (χ2n) is 7.78. The predicted octanol–water partition coefficient (Wildman–Crippen LogP) is 4.47. The summed E-state index contributed by atoms with van der Waals surface area (Å²) < 4.78 is 10.9. The van der Waals surface area contributed by atoms with Crippen LogP contribution in [0, 0.1) is 5.41 Å². The number of rotatable bonds is 11. The molecule has 0 saturated carbocycles. The normalized spacial score (nSPS) is 19.9. The summed E-state index contributed by atoms with van der Waals surface area (Å²) in [5.41, 5.74) is 0.00875. The van der Waals surface area contributed by atoms with E-state index in [0.29, 0.717) is 19.3 Å². The molecular formula is C21H38N2O2. The molecule has 0 amide bonds. The van der Waals surface area contributed by atoms with Crippen molar-refractivity contribution in [1.29, 1.82) is 0 Å². The maximum absolute atomic E-state index is 5.81. The summed E-state index contributed by atoms with van der Waals surface area (Å²) in [5.74, 6) is 1.19. The summed E-state index contributed by atoms with van der Waals surface area (Å²) in [4.78, 5) is 7.59. The summed E-state index contributed by atoms with van der Waals surface area (Å²) >= 11 is 0. The van der Waals surface area contributed by atoms with Gasteiger partial charge in [0.25, 0.3) is 0 Å². The van der Waals surface area contributed by atoms with E-state index in [9.17, 15) is 0 Å². The Kier molecular flexibility index (Phi) is 10.1. The third-order valence-corrected chi connectivity index (χ3v) is 4.53. The van der Waals surface area contributed by atoms with Crippen molar-refractivity contribution < 1.29 is 9.47 Å². The van der Waals surface area contributed by atoms with Gasteiger partial charge in [-0.1, -0.05) is 32.9 Å². The first-order valence-corrected chi connectivity index (χ1v) is 9.59. The molecule has 4 nitrogen and oxygen atoms in total. The van der Waals surface area contributed by atoms with Crippen molar-refractivity contribution >= 4 is 5.84 Å². The summed E-state index contributed by atoms with van der Waals surface area (Å²) in [6, 6.07) is 0.582. The zero-order chi connectivity index (χ0) is 18.7. The first-order chi connectivity index (χ1) is 11.9. The van der Waals surface area contributed by atoms with Gasteiger partial charge in [0, 0.05) is 19.1 Å². The number of likely N-dealkylation sites (tertiary alicyclic amines) is 1. The fourth-order valence-electron chi connectivity index (χ4n) is 3.21. The van der Waals surface area contributed by atoms with Crippen molar-refractivity contribution in [2.75, 3.05) is 33.5 Å². The van der Waals surface area contributed by atoms with Crippen molar-refractivity contribution in [2.45, 2.75) is 65.0 Å². The van der Waals surface area contributed by atoms with Gasteiger partial charge in [0.2, 0.25) is 0 Å². The summed E-state index contributed by atoms with van der Waals surface area (Å²) in [7, 11) is 1.71. The van der Waals surface area contributed by atoms with E-state index in [0.717, 1.165) is 38.8 Å². The van der Waals surface area contributed by atoms with Crippen LogP contribution in [0.2, 0.25) is 0 Å². The first-order valence-electron chi connectivity index (χ1n) is 9.59. The molecule has 0 bridgehead atoms. The summed E-state index contributed by atoms with van der Waals surface area (Å²) in [5, 5.41) is 0. The number of hydrogen-bond donors (Lipinski definition) is 0. The van der Waals surface area contributed by atoms with E-state index in [2.05, 4.69) is 38.8 Å². The Labute approximate surface area is 155 Å². The van der Waals surface area contributed by atoms with Gasteiger partial charge < -0.3 is 14.4 Å². The number of methoxy groups -OCH3 is 1. The smallest absolute Gasteiger partial charge is 0.105 e. The Morgan fingerprint density at radius 1 is 1.32 bits per heavy atom. The Morgan fingerprint density at radius 3 is 2.68 bits per heavy atom. The lowest BCUT2D eigenvalue weighted by Crippen LogP contribution is -2.45. The molecule has 4 heteroatoms. The predicted molar refractivity (Wildman–Crippen MR) is 107 cm³/mol. The third kappa shape index (κ3) is 7.74. The van der Waals surface area contributed by atoms with Crippen LogP contribution < -0.4 is 0 Å². The van der Waals surface area contributed by atoms with Crippen LogP contribution >= 0.6 is 0 Å². The molecule has 0 aromatic carbocycles. The van der Waals surface area contributed by atoms with E-state index >= 15 is 0 Å². The molecule has 0 aliphatic carbocycles. The number of ether oxygens (including phenoxy) is 2. The number of allylic oxidation sites excluding steroid dienone is 1. The fourth-order valence-corrected chi connectivity index (χ4v) is 3.21. The standard InChI is InChI=1S/C21H38N2O2/c1-7-9-10-12-18(8-2)22-20(21(3,4)5)23-14-11-13-19(23)17-25-16-15-24-6/h7-8,18-19H,1-2,9-17H2,3-6H3/t18?,19-/m0/s1. The van der Waals surface area contributed by atoms with Crippen molar-refractivity contribution in [3.63, 3.8) is 0 Å². The Hall–Kier alpha value is -1.13. The zero-order valence-electron chi connectivity index (χ0n) is 16.8. The Bertz CT molecular complexity index is 426. The third-order valence-electron chi connectivity index (χ3n) is 4.53. The van der Waals surface area contributed by atoms with Crippen molar-refractivity contribution in [1.82, 2.24) is 4.90 Å². The van der Waals surface area contributed by atoms with Gasteiger partial charge in [-0.2, -0.15) is 0 Å². The SMILES string of the molecule is C=CCCCC(C=C)N=C(N1CCC[C@H]1COCCOC)C(C)(C)C. The molecule has 1 heterocycles. The minimum absolute atomic E-state index is 0.00875. The molecule has 25 heavy (non-hydrogen) atoms. The molecule has 0 aromatic heterocycles. The van der Waals surface area contributed by atoms with Gasteiger partial charge >= 0.3 is 0 Å². The molecule has 2 atom stereocenters. The van der Waals surface area contributed by atoms with Gasteiger partial charge in [0.15, 0.2) is 0 Å². The van der Waals surface area contributed by atoms with E-state index in [1.807, 2.05) is 12.2 Å². The second kappa shape index (κ2) is 11.5. The number of aliphatic imine (C=N–C) groups is 1. The quantitative estimate of drug-likeness (QED) is 0.239. The molecule has 1 saturated heterocycles. The molecule has 1 aliphatic rings. The molecule has 0 N–H and O–H groups in total. The molecular weight excluding hydrogens is 312 g/mol. The van der Waals surface area contributed by atoms with Gasteiger partial charge in [-0.25, -0.2) is 0 Å². The maximum Gasteiger partial charge on any atom is 0.105 e. The minimum atomic E-state index is 0.00875. The van der Waals surface area contributed by atoms with Gasteiger partial charge in [-0.05, 0) is 32.1 Å². The first kappa shape index (κ1) is 21.9. The lowest BCUT2D eigenvalue weighted by atomic mass is 9.93. The van der Waals surface area contributed by atoms with Crippen LogP contribution in [0.4, 0.5) is 0 Å². The zero-order valence-corrected chi connectivity index (χ0v) is 16.8. The van der Waals surface area contributed by atoms with Crippen LogP contribution in [0.25, 0.3) is 0 Å². The van der Waals surface area contributed by atoms with Gasteiger partial charge in [-0.3, -0.25) is 4.99 Å². The number of nitrogens with zero attached hydrogens (tertiary/aromatic N) is 2. The molecule has 0 aromatic rings. The van der Waals surface area contributed by atoms with E-state index in [1.165, 1.54) is 12.3 Å². The lowest BCUT2D eigenvalue weighted by Gasteiger charge is -2.36. The average Bonchev–Trinajstić information content (AvgIpc) is 3.01. The van der Waals surface area contributed by atoms with E-state index in [-0.39, 0.29) is 11.5 Å². The molecule has 0 spiro atoms. The van der Waals surface area contributed by atoms with Gasteiger partial charge in [0.05, 0.1) is 31.9 Å². The van der Waals surface area contributed by atoms with Crippen molar-refractivity contribution in [3.8, 4) is 0 Å². The summed E-state index contributed by atoms with van der Waals surface area (Å²) in [6.07, 6.45) is 9.48. The average molecular weight is 351 g/mol. The Balaban J connectivity index is 2.83. The van der Waals surface area contributed by atoms with Crippen LogP contribution in [0.15, 0.2) is 30.3 Å². The van der Waals surface area contributed by atoms with E-state index in [4.69, 9.17) is 14.5 Å². The van der Waals surface area contributed by atoms with E-state index < -0.39 is 0 Å². The molecule has 1 aliphatic heterocycles. The maximum atomic E-state index is 5.81. The largest absolute Gasteiger partial charge is 0.382 e. The highest BCUT2D eigenvalue weighted by atomic mass is 16.5. The molecule has 1 rings (SSSR count). The monoisotopic (exact) mass is 350 g/mol. The molecule has 144 valence electrons. The highest BCUT2D eigenvalue weighted by Crippen LogP contribution is 2.28. The van der Waals surface area contributed by atoms with Crippen molar-refractivity contribution in [2.24, 2.45) is 10.4 Å². The second-order valence-corrected chi connectivity index (χ2v) is 7.78. The van der Waals surface area contributed by atoms with Crippen molar-refractivity contribution in [3.05, 3.63) is 25.3 Å². The van der Waals surface area contributed by atoms with Crippen LogP contribution in [0.3, 0.4) is 0 Å². The van der Waals surface area contributed by atoms with E-state index in [1.54, 1.807) is 7.11 Å². The highest BCUT2D eigenvalue weighted by Gasteiger charge is 2.33. The fraction of sp³-hybridized carbons (Fsp3) is 0.762. The molecule has 1 unspecified atom stereocenters. The Morgan fingerprint density at radius 2 is 2.08 bits per heavy atom.